The molecule has 3 heterocycles. The summed E-state index contributed by atoms with van der Waals surface area (Å²) in [5.74, 6) is -1.04. The van der Waals surface area contributed by atoms with Crippen LogP contribution in [0.2, 0.25) is 0 Å². The predicted octanol–water partition coefficient (Wildman–Crippen LogP) is 3.85. The molecule has 0 aromatic heterocycles. The number of aliphatic hydroxyl groups is 1. The van der Waals surface area contributed by atoms with Crippen molar-refractivity contribution < 1.29 is 19.5 Å². The smallest absolute Gasteiger partial charge is 0.247 e. The fraction of sp³-hybridized carbons (Fsp3) is 0.750. The van der Waals surface area contributed by atoms with Crippen molar-refractivity contribution in [2.45, 2.75) is 86.2 Å². The van der Waals surface area contributed by atoms with Crippen molar-refractivity contribution in [3.63, 3.8) is 0 Å². The number of nitrogens with zero attached hydrogens (tertiary/aromatic N) is 3. The van der Waals surface area contributed by atoms with Gasteiger partial charge in [0.05, 0.1) is 16.6 Å². The number of halogens is 1. The number of carbonyl (C=O) groups is 3. The number of fused-ring (bicyclic) bond motifs is 1. The Hall–Kier alpha value is -1.32. The minimum absolute atomic E-state index is 0.00595. The molecule has 0 saturated carbocycles. The van der Waals surface area contributed by atoms with Crippen molar-refractivity contribution in [2.24, 2.45) is 11.8 Å². The highest BCUT2D eigenvalue weighted by Crippen LogP contribution is 2.68. The second-order valence-electron chi connectivity index (χ2n) is 10.8. The minimum Gasteiger partial charge on any atom is -0.396 e. The highest BCUT2D eigenvalue weighted by molar-refractivity contribution is 9.09. The van der Waals surface area contributed by atoms with E-state index in [1.54, 1.807) is 28.8 Å². The van der Waals surface area contributed by atoms with Crippen molar-refractivity contribution in [1.82, 2.24) is 14.7 Å². The number of unbranched alkanes of at least 4 members (excludes halogenated alkanes) is 3. The van der Waals surface area contributed by atoms with Crippen LogP contribution in [-0.4, -0.2) is 97.2 Å². The zero-order valence-corrected chi connectivity index (χ0v) is 25.0. The number of amides is 3. The molecule has 3 fully saturated rings. The molecule has 208 valence electrons. The van der Waals surface area contributed by atoms with Gasteiger partial charge in [-0.3, -0.25) is 14.4 Å². The molecule has 7 nitrogen and oxygen atoms in total. The molecule has 0 aliphatic carbocycles. The maximum atomic E-state index is 14.2. The van der Waals surface area contributed by atoms with Gasteiger partial charge in [-0.2, -0.15) is 0 Å². The number of hydrogen-bond acceptors (Lipinski definition) is 5. The van der Waals surface area contributed by atoms with Gasteiger partial charge < -0.3 is 19.8 Å². The summed E-state index contributed by atoms with van der Waals surface area (Å²) in [6, 6.07) is -0.632. The first-order chi connectivity index (χ1) is 17.7. The van der Waals surface area contributed by atoms with Crippen LogP contribution in [-0.2, 0) is 14.4 Å². The zero-order chi connectivity index (χ0) is 27.3. The van der Waals surface area contributed by atoms with Crippen LogP contribution in [0.3, 0.4) is 0 Å². The molecule has 1 N–H and O–H groups in total. The number of likely N-dealkylation sites (tertiary alicyclic amines) is 1. The Balaban J connectivity index is 2.01. The third kappa shape index (κ3) is 5.69. The van der Waals surface area contributed by atoms with E-state index in [1.807, 2.05) is 30.6 Å². The Morgan fingerprint density at radius 1 is 1.19 bits per heavy atom. The molecule has 3 rings (SSSR count). The van der Waals surface area contributed by atoms with Crippen LogP contribution >= 0.6 is 27.7 Å². The highest BCUT2D eigenvalue weighted by Gasteiger charge is 2.76. The summed E-state index contributed by atoms with van der Waals surface area (Å²) in [6.07, 6.45) is 8.27. The van der Waals surface area contributed by atoms with Crippen molar-refractivity contribution >= 4 is 45.4 Å². The fourth-order valence-electron chi connectivity index (χ4n) is 6.46. The Labute approximate surface area is 235 Å². The summed E-state index contributed by atoms with van der Waals surface area (Å²) < 4.78 is -0.626. The molecule has 0 radical (unpaired) electrons. The molecule has 37 heavy (non-hydrogen) atoms. The van der Waals surface area contributed by atoms with Gasteiger partial charge in [0.25, 0.3) is 0 Å². The lowest BCUT2D eigenvalue weighted by molar-refractivity contribution is -0.145. The van der Waals surface area contributed by atoms with Crippen LogP contribution in [0.4, 0.5) is 0 Å². The Morgan fingerprint density at radius 3 is 2.46 bits per heavy atom. The minimum atomic E-state index is -0.626. The fourth-order valence-corrected chi connectivity index (χ4v) is 10.1. The summed E-state index contributed by atoms with van der Waals surface area (Å²) in [4.78, 5) is 47.9. The van der Waals surface area contributed by atoms with Crippen LogP contribution in [0.1, 0.15) is 59.3 Å². The van der Waals surface area contributed by atoms with E-state index in [2.05, 4.69) is 29.1 Å². The van der Waals surface area contributed by atoms with Crippen molar-refractivity contribution in [1.29, 1.82) is 0 Å². The average Bonchev–Trinajstić information content (AvgIpc) is 3.44. The second-order valence-corrected chi connectivity index (χ2v) is 13.5. The van der Waals surface area contributed by atoms with E-state index < -0.39 is 22.6 Å². The van der Waals surface area contributed by atoms with E-state index in [0.29, 0.717) is 32.6 Å². The number of alkyl halides is 1. The molecule has 9 heteroatoms. The first-order valence-electron chi connectivity index (χ1n) is 13.7. The number of rotatable bonds is 15. The van der Waals surface area contributed by atoms with Crippen LogP contribution in [0, 0.1) is 11.8 Å². The van der Waals surface area contributed by atoms with E-state index in [4.69, 9.17) is 5.11 Å². The number of aliphatic hydroxyl groups excluding tert-OH is 1. The normalized spacial score (nSPS) is 30.1. The van der Waals surface area contributed by atoms with Crippen LogP contribution in [0.25, 0.3) is 0 Å². The predicted molar refractivity (Wildman–Crippen MR) is 154 cm³/mol. The summed E-state index contributed by atoms with van der Waals surface area (Å²) in [5.41, 5.74) is 0. The first kappa shape index (κ1) is 30.2. The number of carbonyl (C=O) groups excluding carboxylic acids is 3. The Kier molecular flexibility index (Phi) is 10.7. The van der Waals surface area contributed by atoms with Crippen LogP contribution < -0.4 is 0 Å². The molecule has 3 unspecified atom stereocenters. The van der Waals surface area contributed by atoms with Gasteiger partial charge in [-0.1, -0.05) is 47.8 Å². The van der Waals surface area contributed by atoms with Gasteiger partial charge in [-0.15, -0.1) is 24.9 Å². The molecule has 0 aromatic rings. The Morgan fingerprint density at radius 2 is 1.86 bits per heavy atom. The van der Waals surface area contributed by atoms with Crippen molar-refractivity contribution in [3.8, 4) is 0 Å². The second kappa shape index (κ2) is 13.2. The molecule has 3 aliphatic heterocycles. The van der Waals surface area contributed by atoms with E-state index in [-0.39, 0.29) is 40.4 Å². The SMILES string of the molecule is C=CCN(CCC)C(=O)[C@H]1[C@H]2C(=O)N(CCCCCCO)C(C(=O)N(CC=C)C(C)C)C23CC(Br)[C@@H]1S3. The average molecular weight is 599 g/mol. The maximum Gasteiger partial charge on any atom is 0.247 e. The number of thioether (sulfide) groups is 1. The first-order valence-corrected chi connectivity index (χ1v) is 15.5. The van der Waals surface area contributed by atoms with Gasteiger partial charge in [0.2, 0.25) is 17.7 Å². The summed E-state index contributed by atoms with van der Waals surface area (Å²) >= 11 is 5.55. The van der Waals surface area contributed by atoms with E-state index in [9.17, 15) is 14.4 Å². The summed E-state index contributed by atoms with van der Waals surface area (Å²) in [5, 5.41) is 9.09. The van der Waals surface area contributed by atoms with Gasteiger partial charge >= 0.3 is 0 Å². The third-order valence-corrected chi connectivity index (χ3v) is 11.2. The van der Waals surface area contributed by atoms with Gasteiger partial charge in [-0.25, -0.2) is 0 Å². The van der Waals surface area contributed by atoms with Crippen LogP contribution in [0.15, 0.2) is 25.3 Å². The standard InChI is InChI=1S/C28H44BrN3O4S/c1-6-13-30(14-7-2)25(34)21-22-26(35)32(16-11-9-10-12-17-33)24(27(36)31(15-8-3)19(4)5)28(22)18-20(29)23(21)37-28/h6,8,19-24,33H,1,3,7,9-18H2,2,4-5H3/t20?,21-,22-,23-,24?,28?/m0/s1. The molecule has 3 aliphatic rings. The summed E-state index contributed by atoms with van der Waals surface area (Å²) in [7, 11) is 0. The largest absolute Gasteiger partial charge is 0.396 e. The van der Waals surface area contributed by atoms with Gasteiger partial charge in [0.1, 0.15) is 6.04 Å². The molecular weight excluding hydrogens is 554 g/mol. The highest BCUT2D eigenvalue weighted by atomic mass is 79.9. The monoisotopic (exact) mass is 597 g/mol. The Bertz CT molecular complexity index is 870. The van der Waals surface area contributed by atoms with E-state index >= 15 is 0 Å². The zero-order valence-electron chi connectivity index (χ0n) is 22.6. The maximum absolute atomic E-state index is 14.2. The van der Waals surface area contributed by atoms with Crippen molar-refractivity contribution in [3.05, 3.63) is 25.3 Å². The lowest BCUT2D eigenvalue weighted by Crippen LogP contribution is -2.57. The number of hydrogen-bond donors (Lipinski definition) is 1. The molecule has 0 aromatic carbocycles. The topological polar surface area (TPSA) is 81.2 Å². The van der Waals surface area contributed by atoms with Crippen LogP contribution in [0.5, 0.6) is 0 Å². The third-order valence-electron chi connectivity index (χ3n) is 8.00. The van der Waals surface area contributed by atoms with Gasteiger partial charge in [0, 0.05) is 48.9 Å². The van der Waals surface area contributed by atoms with Crippen molar-refractivity contribution in [2.75, 3.05) is 32.8 Å². The molecule has 1 spiro atoms. The lowest BCUT2D eigenvalue weighted by Gasteiger charge is -2.39. The quantitative estimate of drug-likeness (QED) is 0.176. The van der Waals surface area contributed by atoms with Gasteiger partial charge in [-0.05, 0) is 39.5 Å². The van der Waals surface area contributed by atoms with Gasteiger partial charge in [0.15, 0.2) is 0 Å². The molecule has 3 saturated heterocycles. The van der Waals surface area contributed by atoms with E-state index in [0.717, 1.165) is 32.1 Å². The van der Waals surface area contributed by atoms with E-state index in [1.165, 1.54) is 0 Å². The molecular formula is C28H44BrN3O4S. The lowest BCUT2D eigenvalue weighted by atomic mass is 9.70. The molecule has 3 amide bonds. The molecule has 6 atom stereocenters. The molecule has 2 bridgehead atoms. The summed E-state index contributed by atoms with van der Waals surface area (Å²) in [6.45, 7) is 15.9.